The molecule has 0 saturated heterocycles. The van der Waals surface area contributed by atoms with Gasteiger partial charge in [-0.3, -0.25) is 4.79 Å². The second kappa shape index (κ2) is 12.3. The molecule has 0 rings (SSSR count). The average Bonchev–Trinajstić information content (AvgIpc) is 2.55. The molecule has 0 aromatic heterocycles. The maximum atomic E-state index is 12.4. The second-order valence-corrected chi connectivity index (χ2v) is 8.14. The summed E-state index contributed by atoms with van der Waals surface area (Å²) in [6, 6.07) is -0.546. The number of aliphatic hydroxyl groups excluding tert-OH is 1. The summed E-state index contributed by atoms with van der Waals surface area (Å²) in [7, 11) is 0. The third kappa shape index (κ3) is 10.1. The summed E-state index contributed by atoms with van der Waals surface area (Å²) in [5.74, 6) is -1.74. The SMILES string of the molecule is CCCCCCCCCCC(O)(C(=O)NC(C)CO)C(=O)OC(C)(C)C. The predicted molar refractivity (Wildman–Crippen MR) is 103 cm³/mol. The number of unbranched alkanes of at least 4 members (excludes halogenated alkanes) is 7. The fourth-order valence-corrected chi connectivity index (χ4v) is 2.57. The smallest absolute Gasteiger partial charge is 0.348 e. The molecule has 0 heterocycles. The maximum absolute atomic E-state index is 12.4. The van der Waals surface area contributed by atoms with Crippen LogP contribution in [0.15, 0.2) is 0 Å². The number of rotatable bonds is 13. The Morgan fingerprint density at radius 2 is 1.50 bits per heavy atom. The molecule has 154 valence electrons. The van der Waals surface area contributed by atoms with Crippen molar-refractivity contribution < 1.29 is 24.5 Å². The van der Waals surface area contributed by atoms with Gasteiger partial charge in [0.2, 0.25) is 5.60 Å². The highest BCUT2D eigenvalue weighted by Gasteiger charge is 2.46. The number of esters is 1. The minimum absolute atomic E-state index is 0.0147. The minimum atomic E-state index is -2.22. The highest BCUT2D eigenvalue weighted by molar-refractivity contribution is 6.06. The lowest BCUT2D eigenvalue weighted by Crippen LogP contribution is -2.57. The molecule has 6 heteroatoms. The Kier molecular flexibility index (Phi) is 11.7. The number of hydrogen-bond acceptors (Lipinski definition) is 5. The van der Waals surface area contributed by atoms with Crippen LogP contribution < -0.4 is 5.32 Å². The van der Waals surface area contributed by atoms with E-state index in [1.54, 1.807) is 27.7 Å². The summed E-state index contributed by atoms with van der Waals surface area (Å²) >= 11 is 0. The van der Waals surface area contributed by atoms with Crippen LogP contribution in [0.5, 0.6) is 0 Å². The molecule has 2 atom stereocenters. The number of ether oxygens (including phenoxy) is 1. The Bertz CT molecular complexity index is 419. The molecule has 0 aliphatic heterocycles. The van der Waals surface area contributed by atoms with Gasteiger partial charge in [0, 0.05) is 6.04 Å². The van der Waals surface area contributed by atoms with Crippen LogP contribution in [0.1, 0.15) is 92.4 Å². The first-order valence-corrected chi connectivity index (χ1v) is 9.94. The molecule has 0 radical (unpaired) electrons. The number of amides is 1. The van der Waals surface area contributed by atoms with Crippen molar-refractivity contribution in [1.82, 2.24) is 5.32 Å². The quantitative estimate of drug-likeness (QED) is 0.262. The van der Waals surface area contributed by atoms with E-state index in [2.05, 4.69) is 12.2 Å². The van der Waals surface area contributed by atoms with Gasteiger partial charge in [-0.15, -0.1) is 0 Å². The number of hydrogen-bond donors (Lipinski definition) is 3. The van der Waals surface area contributed by atoms with Gasteiger partial charge < -0.3 is 20.3 Å². The van der Waals surface area contributed by atoms with Gasteiger partial charge in [0.15, 0.2) is 0 Å². The summed E-state index contributed by atoms with van der Waals surface area (Å²) < 4.78 is 5.25. The Hall–Kier alpha value is -1.14. The van der Waals surface area contributed by atoms with E-state index in [9.17, 15) is 14.7 Å². The molecule has 1 amide bonds. The molecule has 0 spiro atoms. The van der Waals surface area contributed by atoms with E-state index >= 15 is 0 Å². The summed E-state index contributed by atoms with van der Waals surface area (Å²) in [5, 5.41) is 22.3. The summed E-state index contributed by atoms with van der Waals surface area (Å²) in [4.78, 5) is 24.9. The first-order chi connectivity index (χ1) is 12.1. The van der Waals surface area contributed by atoms with Crippen molar-refractivity contribution in [1.29, 1.82) is 0 Å². The number of nitrogens with one attached hydrogen (secondary N) is 1. The number of carbonyl (C=O) groups is 2. The standard InChI is InChI=1S/C20H39NO5/c1-6-7-8-9-10-11-12-13-14-20(25,17(23)21-16(2)15-22)18(24)26-19(3,4)5/h16,22,25H,6-15H2,1-5H3,(H,21,23). The van der Waals surface area contributed by atoms with E-state index in [1.165, 1.54) is 25.7 Å². The molecule has 6 nitrogen and oxygen atoms in total. The molecule has 0 saturated carbocycles. The lowest BCUT2D eigenvalue weighted by molar-refractivity contribution is -0.182. The van der Waals surface area contributed by atoms with E-state index in [0.717, 1.165) is 19.3 Å². The van der Waals surface area contributed by atoms with E-state index in [0.29, 0.717) is 6.42 Å². The van der Waals surface area contributed by atoms with E-state index < -0.39 is 29.1 Å². The van der Waals surface area contributed by atoms with Gasteiger partial charge in [-0.1, -0.05) is 51.9 Å². The topological polar surface area (TPSA) is 95.9 Å². The van der Waals surface area contributed by atoms with Crippen LogP contribution in [0.4, 0.5) is 0 Å². The summed E-state index contributed by atoms with van der Waals surface area (Å²) in [6.07, 6.45) is 8.46. The monoisotopic (exact) mass is 373 g/mol. The van der Waals surface area contributed by atoms with E-state index in [-0.39, 0.29) is 13.0 Å². The first-order valence-electron chi connectivity index (χ1n) is 9.94. The molecule has 0 bridgehead atoms. The highest BCUT2D eigenvalue weighted by Crippen LogP contribution is 2.22. The molecule has 0 aliphatic rings. The Labute approximate surface area is 158 Å². The van der Waals surface area contributed by atoms with Gasteiger partial charge in [-0.2, -0.15) is 0 Å². The Morgan fingerprint density at radius 3 is 1.96 bits per heavy atom. The molecular weight excluding hydrogens is 334 g/mol. The highest BCUT2D eigenvalue weighted by atomic mass is 16.6. The van der Waals surface area contributed by atoms with Crippen LogP contribution in [-0.4, -0.2) is 45.9 Å². The van der Waals surface area contributed by atoms with Crippen molar-refractivity contribution in [2.45, 2.75) is 110 Å². The van der Waals surface area contributed by atoms with Crippen LogP contribution in [0, 0.1) is 0 Å². The third-order valence-corrected chi connectivity index (χ3v) is 4.16. The first kappa shape index (κ1) is 24.9. The van der Waals surface area contributed by atoms with Gasteiger partial charge in [-0.25, -0.2) is 4.79 Å². The van der Waals surface area contributed by atoms with Crippen LogP contribution in [0.25, 0.3) is 0 Å². The molecule has 0 aromatic carbocycles. The Morgan fingerprint density at radius 1 is 1.00 bits per heavy atom. The predicted octanol–water partition coefficient (Wildman–Crippen LogP) is 3.09. The molecule has 0 aromatic rings. The van der Waals surface area contributed by atoms with E-state index in [4.69, 9.17) is 9.84 Å². The zero-order valence-electron chi connectivity index (χ0n) is 17.3. The lowest BCUT2D eigenvalue weighted by atomic mass is 9.93. The van der Waals surface area contributed by atoms with Crippen molar-refractivity contribution >= 4 is 11.9 Å². The zero-order valence-corrected chi connectivity index (χ0v) is 17.3. The van der Waals surface area contributed by atoms with Crippen molar-refractivity contribution in [3.63, 3.8) is 0 Å². The maximum Gasteiger partial charge on any atom is 0.348 e. The molecule has 0 aliphatic carbocycles. The summed E-state index contributed by atoms with van der Waals surface area (Å²) in [5.41, 5.74) is -3.02. The fraction of sp³-hybridized carbons (Fsp3) is 0.900. The van der Waals surface area contributed by atoms with Gasteiger partial charge in [-0.05, 0) is 40.5 Å². The van der Waals surface area contributed by atoms with Gasteiger partial charge in [0.1, 0.15) is 5.60 Å². The van der Waals surface area contributed by atoms with Crippen LogP contribution >= 0.6 is 0 Å². The van der Waals surface area contributed by atoms with Gasteiger partial charge in [0.25, 0.3) is 5.91 Å². The molecule has 0 fully saturated rings. The van der Waals surface area contributed by atoms with Crippen molar-refractivity contribution in [2.75, 3.05) is 6.61 Å². The van der Waals surface area contributed by atoms with Crippen molar-refractivity contribution in [3.05, 3.63) is 0 Å². The van der Waals surface area contributed by atoms with Crippen molar-refractivity contribution in [3.8, 4) is 0 Å². The normalized spacial score (nSPS) is 15.2. The lowest BCUT2D eigenvalue weighted by Gasteiger charge is -2.30. The molecular formula is C20H39NO5. The molecule has 2 unspecified atom stereocenters. The van der Waals surface area contributed by atoms with Gasteiger partial charge >= 0.3 is 5.97 Å². The largest absolute Gasteiger partial charge is 0.457 e. The second-order valence-electron chi connectivity index (χ2n) is 8.14. The zero-order chi connectivity index (χ0) is 20.2. The number of carbonyl (C=O) groups excluding carboxylic acids is 2. The van der Waals surface area contributed by atoms with Crippen molar-refractivity contribution in [2.24, 2.45) is 0 Å². The fourth-order valence-electron chi connectivity index (χ4n) is 2.57. The average molecular weight is 374 g/mol. The summed E-state index contributed by atoms with van der Waals surface area (Å²) in [6.45, 7) is 8.58. The van der Waals surface area contributed by atoms with Crippen LogP contribution in [-0.2, 0) is 14.3 Å². The van der Waals surface area contributed by atoms with Crippen LogP contribution in [0.2, 0.25) is 0 Å². The Balaban J connectivity index is 4.68. The number of aliphatic hydroxyl groups is 2. The molecule has 26 heavy (non-hydrogen) atoms. The third-order valence-electron chi connectivity index (χ3n) is 4.16. The van der Waals surface area contributed by atoms with Gasteiger partial charge in [0.05, 0.1) is 6.61 Å². The van der Waals surface area contributed by atoms with E-state index in [1.807, 2.05) is 0 Å². The molecule has 3 N–H and O–H groups in total. The minimum Gasteiger partial charge on any atom is -0.457 e. The van der Waals surface area contributed by atoms with Crippen LogP contribution in [0.3, 0.4) is 0 Å².